The Bertz CT molecular complexity index is 462. The Labute approximate surface area is 124 Å². The van der Waals surface area contributed by atoms with Gasteiger partial charge in [-0.05, 0) is 18.9 Å². The molecular weight excluding hydrogens is 274 g/mol. The molecule has 20 heavy (non-hydrogen) atoms. The van der Waals surface area contributed by atoms with Crippen molar-refractivity contribution in [2.45, 2.75) is 38.5 Å². The molecule has 0 saturated heterocycles. The summed E-state index contributed by atoms with van der Waals surface area (Å²) in [5, 5.41) is 11.5. The highest BCUT2D eigenvalue weighted by Gasteiger charge is 2.13. The molecule has 0 aromatic heterocycles. The number of nitrogens with one attached hydrogen (secondary N) is 1. The van der Waals surface area contributed by atoms with Crippen LogP contribution in [0.1, 0.15) is 30.9 Å². The lowest BCUT2D eigenvalue weighted by atomic mass is 10.1. The summed E-state index contributed by atoms with van der Waals surface area (Å²) < 4.78 is 0. The van der Waals surface area contributed by atoms with Crippen LogP contribution in [0.4, 0.5) is 0 Å². The molecule has 1 amide bonds. The van der Waals surface area contributed by atoms with E-state index in [9.17, 15) is 9.59 Å². The molecule has 2 N–H and O–H groups in total. The van der Waals surface area contributed by atoms with Crippen molar-refractivity contribution in [2.24, 2.45) is 0 Å². The van der Waals surface area contributed by atoms with Crippen LogP contribution in [0.3, 0.4) is 0 Å². The number of carboxylic acids is 1. The van der Waals surface area contributed by atoms with E-state index in [-0.39, 0.29) is 18.4 Å². The number of carbonyl (C=O) groups excluding carboxylic acids is 1. The molecule has 0 aliphatic carbocycles. The maximum Gasteiger partial charge on any atom is 0.305 e. The maximum atomic E-state index is 11.7. The maximum absolute atomic E-state index is 11.7. The number of carbonyl (C=O) groups is 2. The zero-order valence-corrected chi connectivity index (χ0v) is 12.7. The molecule has 0 saturated carbocycles. The van der Waals surface area contributed by atoms with Gasteiger partial charge < -0.3 is 10.4 Å². The molecule has 110 valence electrons. The van der Waals surface area contributed by atoms with Gasteiger partial charge in [0.25, 0.3) is 0 Å². The summed E-state index contributed by atoms with van der Waals surface area (Å²) in [6.07, 6.45) is 0.603. The molecule has 4 nitrogen and oxygen atoms in total. The monoisotopic (exact) mass is 295 g/mol. The molecule has 5 heteroatoms. The van der Waals surface area contributed by atoms with Crippen molar-refractivity contribution in [1.82, 2.24) is 5.32 Å². The molecule has 0 heterocycles. The van der Waals surface area contributed by atoms with Crippen LogP contribution in [0.15, 0.2) is 24.3 Å². The topological polar surface area (TPSA) is 66.4 Å². The van der Waals surface area contributed by atoms with Crippen molar-refractivity contribution in [3.8, 4) is 0 Å². The number of rotatable bonds is 8. The van der Waals surface area contributed by atoms with E-state index in [4.69, 9.17) is 5.11 Å². The molecule has 0 bridgehead atoms. The summed E-state index contributed by atoms with van der Waals surface area (Å²) in [4.78, 5) is 22.4. The molecule has 0 aliphatic rings. The predicted molar refractivity (Wildman–Crippen MR) is 81.8 cm³/mol. The second-order valence-corrected chi connectivity index (χ2v) is 5.74. The molecule has 0 spiro atoms. The number of aryl methyl sites for hydroxylation is 1. The van der Waals surface area contributed by atoms with Crippen LogP contribution in [-0.4, -0.2) is 28.8 Å². The Morgan fingerprint density at radius 3 is 2.75 bits per heavy atom. The van der Waals surface area contributed by atoms with Crippen LogP contribution in [0.2, 0.25) is 0 Å². The average Bonchev–Trinajstić information content (AvgIpc) is 2.37. The van der Waals surface area contributed by atoms with E-state index in [1.54, 1.807) is 0 Å². The second kappa shape index (κ2) is 8.64. The van der Waals surface area contributed by atoms with Gasteiger partial charge in [0.05, 0.1) is 12.2 Å². The third-order valence-electron chi connectivity index (χ3n) is 2.86. The number of benzene rings is 1. The van der Waals surface area contributed by atoms with E-state index in [1.807, 2.05) is 32.0 Å². The fourth-order valence-electron chi connectivity index (χ4n) is 1.84. The van der Waals surface area contributed by atoms with Gasteiger partial charge in [-0.15, -0.1) is 11.8 Å². The first-order valence-corrected chi connectivity index (χ1v) is 7.81. The predicted octanol–water partition coefficient (Wildman–Crippen LogP) is 2.60. The highest BCUT2D eigenvalue weighted by atomic mass is 32.2. The minimum atomic E-state index is -0.885. The van der Waals surface area contributed by atoms with Crippen molar-refractivity contribution in [2.75, 3.05) is 5.75 Å². The minimum absolute atomic E-state index is 0.0230. The van der Waals surface area contributed by atoms with E-state index in [0.29, 0.717) is 12.2 Å². The van der Waals surface area contributed by atoms with E-state index in [2.05, 4.69) is 11.4 Å². The van der Waals surface area contributed by atoms with Gasteiger partial charge in [-0.1, -0.05) is 36.8 Å². The molecule has 0 radical (unpaired) electrons. The lowest BCUT2D eigenvalue weighted by molar-refractivity contribution is -0.137. The van der Waals surface area contributed by atoms with Gasteiger partial charge >= 0.3 is 5.97 Å². The van der Waals surface area contributed by atoms with Gasteiger partial charge in [0, 0.05) is 11.8 Å². The summed E-state index contributed by atoms with van der Waals surface area (Å²) in [6, 6.07) is 7.91. The fourth-order valence-corrected chi connectivity index (χ4v) is 2.63. The Hall–Kier alpha value is -1.49. The molecule has 1 rings (SSSR count). The highest BCUT2D eigenvalue weighted by molar-refractivity contribution is 7.99. The molecule has 0 aliphatic heterocycles. The van der Waals surface area contributed by atoms with Crippen molar-refractivity contribution >= 4 is 23.6 Å². The number of amides is 1. The Morgan fingerprint density at radius 2 is 2.15 bits per heavy atom. The quantitative estimate of drug-likeness (QED) is 0.773. The van der Waals surface area contributed by atoms with Crippen LogP contribution in [0.5, 0.6) is 0 Å². The molecule has 1 atom stereocenters. The summed E-state index contributed by atoms with van der Waals surface area (Å²) in [7, 11) is 0. The van der Waals surface area contributed by atoms with E-state index in [1.165, 1.54) is 22.9 Å². The Balaban J connectivity index is 2.30. The SMILES string of the molecule is CCC(CC(=O)O)NC(=O)CSCc1cccc(C)c1. The van der Waals surface area contributed by atoms with E-state index < -0.39 is 5.97 Å². The van der Waals surface area contributed by atoms with Crippen molar-refractivity contribution in [3.63, 3.8) is 0 Å². The molecule has 0 fully saturated rings. The first kappa shape index (κ1) is 16.6. The normalized spacial score (nSPS) is 11.9. The largest absolute Gasteiger partial charge is 0.481 e. The standard InChI is InChI=1S/C15H21NO3S/c1-3-13(8-15(18)19)16-14(17)10-20-9-12-6-4-5-11(2)7-12/h4-7,13H,3,8-10H2,1-2H3,(H,16,17)(H,18,19). The van der Waals surface area contributed by atoms with E-state index in [0.717, 1.165) is 5.75 Å². The Kier molecular flexibility index (Phi) is 7.15. The lowest BCUT2D eigenvalue weighted by Gasteiger charge is -2.14. The number of hydrogen-bond acceptors (Lipinski definition) is 3. The van der Waals surface area contributed by atoms with E-state index >= 15 is 0 Å². The van der Waals surface area contributed by atoms with Gasteiger partial charge in [-0.3, -0.25) is 9.59 Å². The van der Waals surface area contributed by atoms with Crippen molar-refractivity contribution in [1.29, 1.82) is 0 Å². The minimum Gasteiger partial charge on any atom is -0.481 e. The third kappa shape index (κ3) is 6.61. The summed E-state index contributed by atoms with van der Waals surface area (Å²) in [6.45, 7) is 3.91. The van der Waals surface area contributed by atoms with Gasteiger partial charge in [-0.25, -0.2) is 0 Å². The second-order valence-electron chi connectivity index (χ2n) is 4.75. The molecular formula is C15H21NO3S. The number of hydrogen-bond donors (Lipinski definition) is 2. The zero-order valence-electron chi connectivity index (χ0n) is 11.9. The zero-order chi connectivity index (χ0) is 15.0. The molecule has 1 aromatic rings. The molecule has 1 aromatic carbocycles. The average molecular weight is 295 g/mol. The van der Waals surface area contributed by atoms with Crippen LogP contribution < -0.4 is 5.32 Å². The van der Waals surface area contributed by atoms with Gasteiger partial charge in [0.1, 0.15) is 0 Å². The van der Waals surface area contributed by atoms with Crippen molar-refractivity contribution < 1.29 is 14.7 Å². The number of aliphatic carboxylic acids is 1. The van der Waals surface area contributed by atoms with Gasteiger partial charge in [0.15, 0.2) is 0 Å². The lowest BCUT2D eigenvalue weighted by Crippen LogP contribution is -2.37. The fraction of sp³-hybridized carbons (Fsp3) is 0.467. The first-order valence-electron chi connectivity index (χ1n) is 6.65. The van der Waals surface area contributed by atoms with Crippen LogP contribution in [0.25, 0.3) is 0 Å². The van der Waals surface area contributed by atoms with Gasteiger partial charge in [-0.2, -0.15) is 0 Å². The van der Waals surface area contributed by atoms with Crippen molar-refractivity contribution in [3.05, 3.63) is 35.4 Å². The summed E-state index contributed by atoms with van der Waals surface area (Å²) in [5.41, 5.74) is 2.40. The third-order valence-corrected chi connectivity index (χ3v) is 3.87. The molecule has 1 unspecified atom stereocenters. The van der Waals surface area contributed by atoms with Gasteiger partial charge in [0.2, 0.25) is 5.91 Å². The summed E-state index contributed by atoms with van der Waals surface area (Å²) in [5.74, 6) is 0.148. The number of carboxylic acid groups (broad SMARTS) is 1. The highest BCUT2D eigenvalue weighted by Crippen LogP contribution is 2.13. The van der Waals surface area contributed by atoms with Crippen LogP contribution >= 0.6 is 11.8 Å². The smallest absolute Gasteiger partial charge is 0.305 e. The number of thioether (sulfide) groups is 1. The Morgan fingerprint density at radius 1 is 1.40 bits per heavy atom. The van der Waals surface area contributed by atoms with Crippen LogP contribution in [-0.2, 0) is 15.3 Å². The summed E-state index contributed by atoms with van der Waals surface area (Å²) >= 11 is 1.54. The van der Waals surface area contributed by atoms with Crippen LogP contribution in [0, 0.1) is 6.92 Å². The first-order chi connectivity index (χ1) is 9.51.